The molecule has 3 N–H and O–H groups in total. The van der Waals surface area contributed by atoms with Gasteiger partial charge in [-0.2, -0.15) is 0 Å². The third-order valence-corrected chi connectivity index (χ3v) is 1.91. The van der Waals surface area contributed by atoms with Crippen molar-refractivity contribution in [1.29, 1.82) is 0 Å². The van der Waals surface area contributed by atoms with Crippen LogP contribution in [0.15, 0.2) is 48.8 Å². The third kappa shape index (κ3) is 2.45. The van der Waals surface area contributed by atoms with Crippen LogP contribution in [0.3, 0.4) is 0 Å². The second kappa shape index (κ2) is 4.43. The maximum Gasteiger partial charge on any atom is 0.130 e. The second-order valence-corrected chi connectivity index (χ2v) is 2.95. The van der Waals surface area contributed by atoms with E-state index in [0.29, 0.717) is 0 Å². The molecular weight excluding hydrogens is 190 g/mol. The van der Waals surface area contributed by atoms with Crippen LogP contribution in [0.5, 0.6) is 11.5 Å². The molecule has 4 heteroatoms. The van der Waals surface area contributed by atoms with Gasteiger partial charge in [0, 0.05) is 18.1 Å². The minimum atomic E-state index is 0.762. The summed E-state index contributed by atoms with van der Waals surface area (Å²) in [4.78, 5) is 3.91. The first-order chi connectivity index (χ1) is 7.38. The van der Waals surface area contributed by atoms with Crippen molar-refractivity contribution in [2.45, 2.75) is 0 Å². The van der Waals surface area contributed by atoms with E-state index >= 15 is 0 Å². The van der Waals surface area contributed by atoms with Gasteiger partial charge in [-0.15, -0.1) is 0 Å². The van der Waals surface area contributed by atoms with Gasteiger partial charge in [0.15, 0.2) is 0 Å². The summed E-state index contributed by atoms with van der Waals surface area (Å²) < 4.78 is 5.57. The highest BCUT2D eigenvalue weighted by Gasteiger charge is 1.95. The van der Waals surface area contributed by atoms with Crippen molar-refractivity contribution < 1.29 is 4.74 Å². The lowest BCUT2D eigenvalue weighted by molar-refractivity contribution is 0.482. The number of hydrazine groups is 1. The molecule has 0 aliphatic heterocycles. The summed E-state index contributed by atoms with van der Waals surface area (Å²) >= 11 is 0. The number of aromatic nitrogens is 1. The molecule has 1 aromatic heterocycles. The average Bonchev–Trinajstić information content (AvgIpc) is 2.31. The zero-order valence-corrected chi connectivity index (χ0v) is 8.05. The Balaban J connectivity index is 2.11. The Morgan fingerprint density at radius 2 is 1.53 bits per heavy atom. The predicted octanol–water partition coefficient (Wildman–Crippen LogP) is 2.16. The zero-order chi connectivity index (χ0) is 10.5. The van der Waals surface area contributed by atoms with Gasteiger partial charge in [0.05, 0.1) is 0 Å². The number of rotatable bonds is 3. The van der Waals surface area contributed by atoms with Crippen LogP contribution < -0.4 is 16.0 Å². The molecule has 0 atom stereocenters. The fourth-order valence-corrected chi connectivity index (χ4v) is 1.16. The quantitative estimate of drug-likeness (QED) is 0.590. The highest BCUT2D eigenvalue weighted by atomic mass is 16.5. The van der Waals surface area contributed by atoms with Gasteiger partial charge in [-0.05, 0) is 36.4 Å². The summed E-state index contributed by atoms with van der Waals surface area (Å²) in [5, 5.41) is 0. The highest BCUT2D eigenvalue weighted by Crippen LogP contribution is 2.21. The number of anilines is 1. The number of hydrogen-bond acceptors (Lipinski definition) is 4. The van der Waals surface area contributed by atoms with Crippen molar-refractivity contribution in [3.63, 3.8) is 0 Å². The highest BCUT2D eigenvalue weighted by molar-refractivity contribution is 5.45. The van der Waals surface area contributed by atoms with Crippen LogP contribution in [-0.2, 0) is 0 Å². The van der Waals surface area contributed by atoms with Crippen molar-refractivity contribution in [3.8, 4) is 11.5 Å². The number of benzene rings is 1. The van der Waals surface area contributed by atoms with Crippen molar-refractivity contribution in [2.75, 3.05) is 5.43 Å². The van der Waals surface area contributed by atoms with E-state index in [1.165, 1.54) is 0 Å². The first-order valence-corrected chi connectivity index (χ1v) is 4.53. The van der Waals surface area contributed by atoms with Gasteiger partial charge in [-0.25, -0.2) is 0 Å². The Bertz CT molecular complexity index is 414. The number of nitrogens with one attached hydrogen (secondary N) is 1. The number of nitrogen functional groups attached to an aromatic ring is 1. The van der Waals surface area contributed by atoms with E-state index in [1.54, 1.807) is 24.5 Å². The van der Waals surface area contributed by atoms with E-state index in [1.807, 2.05) is 24.3 Å². The Morgan fingerprint density at radius 3 is 2.13 bits per heavy atom. The summed E-state index contributed by atoms with van der Waals surface area (Å²) in [7, 11) is 0. The average molecular weight is 201 g/mol. The number of nitrogens with zero attached hydrogens (tertiary/aromatic N) is 1. The van der Waals surface area contributed by atoms with Gasteiger partial charge in [0.2, 0.25) is 0 Å². The van der Waals surface area contributed by atoms with E-state index < -0.39 is 0 Å². The summed E-state index contributed by atoms with van der Waals surface area (Å²) in [5.74, 6) is 6.78. The molecule has 2 aromatic rings. The lowest BCUT2D eigenvalue weighted by Gasteiger charge is -2.05. The maximum atomic E-state index is 5.57. The van der Waals surface area contributed by atoms with Gasteiger partial charge in [0.1, 0.15) is 11.5 Å². The minimum Gasteiger partial charge on any atom is -0.457 e. The van der Waals surface area contributed by atoms with Crippen LogP contribution in [0, 0.1) is 0 Å². The van der Waals surface area contributed by atoms with Gasteiger partial charge in [0.25, 0.3) is 0 Å². The SMILES string of the molecule is NNc1ccc(Oc2ccncc2)cc1. The summed E-state index contributed by atoms with van der Waals surface area (Å²) in [6.45, 7) is 0. The molecule has 0 amide bonds. The van der Waals surface area contributed by atoms with E-state index in [9.17, 15) is 0 Å². The Kier molecular flexibility index (Phi) is 2.80. The molecule has 0 radical (unpaired) electrons. The van der Waals surface area contributed by atoms with Crippen LogP contribution in [-0.4, -0.2) is 4.98 Å². The molecule has 0 bridgehead atoms. The van der Waals surface area contributed by atoms with Crippen LogP contribution in [0.2, 0.25) is 0 Å². The van der Waals surface area contributed by atoms with Gasteiger partial charge < -0.3 is 10.2 Å². The number of ether oxygens (including phenoxy) is 1. The first kappa shape index (κ1) is 9.48. The molecule has 0 aliphatic carbocycles. The van der Waals surface area contributed by atoms with E-state index in [-0.39, 0.29) is 0 Å². The molecule has 4 nitrogen and oxygen atoms in total. The van der Waals surface area contributed by atoms with E-state index in [2.05, 4.69) is 10.4 Å². The molecule has 0 unspecified atom stereocenters. The smallest absolute Gasteiger partial charge is 0.130 e. The predicted molar refractivity (Wildman–Crippen MR) is 58.6 cm³/mol. The molecular formula is C11H11N3O. The maximum absolute atomic E-state index is 5.57. The fourth-order valence-electron chi connectivity index (χ4n) is 1.16. The minimum absolute atomic E-state index is 0.762. The van der Waals surface area contributed by atoms with E-state index in [0.717, 1.165) is 17.2 Å². The summed E-state index contributed by atoms with van der Waals surface area (Å²) in [6, 6.07) is 11.0. The van der Waals surface area contributed by atoms with Crippen LogP contribution >= 0.6 is 0 Å². The molecule has 76 valence electrons. The first-order valence-electron chi connectivity index (χ1n) is 4.53. The van der Waals surface area contributed by atoms with Crippen molar-refractivity contribution in [1.82, 2.24) is 4.98 Å². The molecule has 0 saturated carbocycles. The monoisotopic (exact) mass is 201 g/mol. The molecule has 0 saturated heterocycles. The molecule has 15 heavy (non-hydrogen) atoms. The van der Waals surface area contributed by atoms with Gasteiger partial charge in [-0.3, -0.25) is 10.8 Å². The topological polar surface area (TPSA) is 60.2 Å². The zero-order valence-electron chi connectivity index (χ0n) is 8.05. The molecule has 1 heterocycles. The number of hydrogen-bond donors (Lipinski definition) is 2. The molecule has 0 fully saturated rings. The van der Waals surface area contributed by atoms with Crippen LogP contribution in [0.25, 0.3) is 0 Å². The lowest BCUT2D eigenvalue weighted by atomic mass is 10.3. The number of pyridine rings is 1. The van der Waals surface area contributed by atoms with Crippen molar-refractivity contribution >= 4 is 5.69 Å². The standard InChI is InChI=1S/C11H11N3O/c12-14-9-1-3-10(4-2-9)15-11-5-7-13-8-6-11/h1-8,14H,12H2. The second-order valence-electron chi connectivity index (χ2n) is 2.95. The van der Waals surface area contributed by atoms with E-state index in [4.69, 9.17) is 10.6 Å². The summed E-state index contributed by atoms with van der Waals surface area (Å²) in [6.07, 6.45) is 3.37. The van der Waals surface area contributed by atoms with Gasteiger partial charge >= 0.3 is 0 Å². The largest absolute Gasteiger partial charge is 0.457 e. The Labute approximate surface area is 87.7 Å². The van der Waals surface area contributed by atoms with Crippen molar-refractivity contribution in [3.05, 3.63) is 48.8 Å². The number of nitrogens with two attached hydrogens (primary N) is 1. The normalized spacial score (nSPS) is 9.67. The molecule has 0 spiro atoms. The molecule has 2 rings (SSSR count). The fraction of sp³-hybridized carbons (Fsp3) is 0. The Morgan fingerprint density at radius 1 is 0.933 bits per heavy atom. The summed E-state index contributed by atoms with van der Waals surface area (Å²) in [5.41, 5.74) is 3.40. The third-order valence-electron chi connectivity index (χ3n) is 1.91. The molecule has 1 aromatic carbocycles. The van der Waals surface area contributed by atoms with Crippen molar-refractivity contribution in [2.24, 2.45) is 5.84 Å². The van der Waals surface area contributed by atoms with Crippen LogP contribution in [0.1, 0.15) is 0 Å². The van der Waals surface area contributed by atoms with Gasteiger partial charge in [-0.1, -0.05) is 0 Å². The lowest BCUT2D eigenvalue weighted by Crippen LogP contribution is -2.05. The Hall–Kier alpha value is -2.07. The van der Waals surface area contributed by atoms with Crippen LogP contribution in [0.4, 0.5) is 5.69 Å². The molecule has 0 aliphatic rings.